The number of hydrogen-bond donors (Lipinski definition) is 1. The van der Waals surface area contributed by atoms with Crippen LogP contribution in [0.2, 0.25) is 0 Å². The van der Waals surface area contributed by atoms with Gasteiger partial charge in [-0.1, -0.05) is 53.9 Å². The predicted molar refractivity (Wildman–Crippen MR) is 128 cm³/mol. The van der Waals surface area contributed by atoms with E-state index >= 15 is 0 Å². The molecule has 6 rings (SSSR count). The van der Waals surface area contributed by atoms with E-state index in [2.05, 4.69) is 39.9 Å². The zero-order chi connectivity index (χ0) is 21.5. The number of para-hydroxylation sites is 2. The molecule has 3 aromatic carbocycles. The number of nitrogens with zero attached hydrogens (tertiary/aromatic N) is 3. The van der Waals surface area contributed by atoms with E-state index < -0.39 is 0 Å². The average Bonchev–Trinajstić information content (AvgIpc) is 3.19. The van der Waals surface area contributed by atoms with Crippen molar-refractivity contribution >= 4 is 21.8 Å². The first-order valence-electron chi connectivity index (χ1n) is 10.4. The quantitative estimate of drug-likeness (QED) is 0.237. The molecule has 0 aliphatic heterocycles. The van der Waals surface area contributed by atoms with Gasteiger partial charge in [-0.05, 0) is 53.0 Å². The Balaban J connectivity index is 0.00000228. The summed E-state index contributed by atoms with van der Waals surface area (Å²) in [5, 5.41) is 12.6. The van der Waals surface area contributed by atoms with Gasteiger partial charge in [0.15, 0.2) is 0 Å². The van der Waals surface area contributed by atoms with Crippen LogP contribution in [-0.2, 0) is 21.1 Å². The molecule has 162 valence electrons. The van der Waals surface area contributed by atoms with Crippen LogP contribution in [0.1, 0.15) is 0 Å². The van der Waals surface area contributed by atoms with E-state index in [0.717, 1.165) is 38.9 Å². The Morgan fingerprint density at radius 2 is 1.48 bits per heavy atom. The Bertz CT molecular complexity index is 1590. The van der Waals surface area contributed by atoms with Crippen molar-refractivity contribution in [1.29, 1.82) is 0 Å². The number of rotatable bonds is 3. The van der Waals surface area contributed by atoms with Gasteiger partial charge in [0.25, 0.3) is 0 Å². The van der Waals surface area contributed by atoms with E-state index in [1.165, 1.54) is 0 Å². The summed E-state index contributed by atoms with van der Waals surface area (Å²) in [4.78, 5) is 9.41. The maximum atomic E-state index is 10.3. The smallest absolute Gasteiger partial charge is 0.136 e. The molecule has 3 heterocycles. The minimum Gasteiger partial charge on any atom is -0.507 e. The average molecular weight is 608 g/mol. The molecule has 0 fully saturated rings. The number of pyridine rings is 2. The largest absolute Gasteiger partial charge is 0.507 e. The summed E-state index contributed by atoms with van der Waals surface area (Å²) in [6.07, 6.45) is 1.79. The molecule has 3 aromatic heterocycles. The molecule has 0 aliphatic carbocycles. The molecule has 0 saturated heterocycles. The molecular weight excluding hydrogens is 589 g/mol. The van der Waals surface area contributed by atoms with Crippen LogP contribution >= 0.6 is 0 Å². The standard InChI is InChI=1S/C28H18N3O.Pt/c32-27-13-4-2-9-22(27)24-11-7-14-28(30-24)31-25-12-3-1-8-20(25)21-16-15-19(18-26(21)31)23-10-5-6-17-29-23;/h1-17,32H;/q-1;. The van der Waals surface area contributed by atoms with Crippen LogP contribution in [0.4, 0.5) is 0 Å². The zero-order valence-corrected chi connectivity index (χ0v) is 19.7. The number of benzene rings is 3. The molecule has 6 aromatic rings. The summed E-state index contributed by atoms with van der Waals surface area (Å²) in [6, 6.07) is 35.1. The molecule has 0 bridgehead atoms. The monoisotopic (exact) mass is 607 g/mol. The van der Waals surface area contributed by atoms with Crippen molar-refractivity contribution in [2.24, 2.45) is 0 Å². The molecule has 1 N–H and O–H groups in total. The normalized spacial score (nSPS) is 10.9. The summed E-state index contributed by atoms with van der Waals surface area (Å²) in [6.45, 7) is 0. The molecule has 0 atom stereocenters. The van der Waals surface area contributed by atoms with Gasteiger partial charge >= 0.3 is 0 Å². The fourth-order valence-corrected chi connectivity index (χ4v) is 4.19. The van der Waals surface area contributed by atoms with Crippen molar-refractivity contribution in [1.82, 2.24) is 14.5 Å². The molecule has 0 amide bonds. The number of phenolic OH excluding ortho intramolecular Hbond substituents is 1. The molecule has 0 aliphatic rings. The maximum Gasteiger partial charge on any atom is 0.136 e. The van der Waals surface area contributed by atoms with E-state index in [1.807, 2.05) is 66.7 Å². The van der Waals surface area contributed by atoms with Crippen molar-refractivity contribution in [3.8, 4) is 34.1 Å². The van der Waals surface area contributed by atoms with Crippen LogP contribution in [0.25, 0.3) is 50.1 Å². The van der Waals surface area contributed by atoms with Crippen LogP contribution in [-0.4, -0.2) is 19.6 Å². The van der Waals surface area contributed by atoms with Gasteiger partial charge in [0.1, 0.15) is 11.6 Å². The van der Waals surface area contributed by atoms with E-state index in [9.17, 15) is 5.11 Å². The number of phenols is 1. The van der Waals surface area contributed by atoms with E-state index in [0.29, 0.717) is 11.3 Å². The third kappa shape index (κ3) is 3.63. The number of hydrogen-bond acceptors (Lipinski definition) is 3. The van der Waals surface area contributed by atoms with Crippen LogP contribution in [0.15, 0.2) is 103 Å². The van der Waals surface area contributed by atoms with E-state index in [1.54, 1.807) is 12.3 Å². The van der Waals surface area contributed by atoms with Gasteiger partial charge in [0.2, 0.25) is 0 Å². The van der Waals surface area contributed by atoms with Crippen molar-refractivity contribution in [3.63, 3.8) is 0 Å². The van der Waals surface area contributed by atoms with Crippen LogP contribution < -0.4 is 0 Å². The van der Waals surface area contributed by atoms with Crippen molar-refractivity contribution in [2.45, 2.75) is 0 Å². The SMILES string of the molecule is Oc1ccccc1-c1cccc(-n2c3[c-]c(-c4ccccn4)ccc3c3ccccc32)n1.[Pt]. The van der Waals surface area contributed by atoms with Gasteiger partial charge in [-0.15, -0.1) is 23.8 Å². The van der Waals surface area contributed by atoms with E-state index in [4.69, 9.17) is 4.98 Å². The number of aromatic hydroxyl groups is 1. The van der Waals surface area contributed by atoms with Gasteiger partial charge in [-0.25, -0.2) is 4.98 Å². The van der Waals surface area contributed by atoms with Gasteiger partial charge in [-0.2, -0.15) is 0 Å². The molecule has 5 heteroatoms. The third-order valence-electron chi connectivity index (χ3n) is 5.67. The summed E-state index contributed by atoms with van der Waals surface area (Å²) in [5.41, 5.74) is 5.22. The van der Waals surface area contributed by atoms with Crippen LogP contribution in [0.5, 0.6) is 5.75 Å². The van der Waals surface area contributed by atoms with Crippen molar-refractivity contribution in [2.75, 3.05) is 0 Å². The van der Waals surface area contributed by atoms with Gasteiger partial charge in [-0.3, -0.25) is 0 Å². The second-order valence-electron chi connectivity index (χ2n) is 7.60. The molecule has 0 radical (unpaired) electrons. The van der Waals surface area contributed by atoms with Gasteiger partial charge < -0.3 is 14.7 Å². The van der Waals surface area contributed by atoms with E-state index in [-0.39, 0.29) is 26.8 Å². The Kier molecular flexibility index (Phi) is 5.53. The number of aromatic nitrogens is 3. The van der Waals surface area contributed by atoms with Gasteiger partial charge in [0.05, 0.1) is 5.69 Å². The first-order valence-corrected chi connectivity index (χ1v) is 10.4. The summed E-state index contributed by atoms with van der Waals surface area (Å²) < 4.78 is 2.13. The summed E-state index contributed by atoms with van der Waals surface area (Å²) in [5.74, 6) is 0.981. The Morgan fingerprint density at radius 3 is 2.33 bits per heavy atom. The molecular formula is C28H18N3OPt-. The fraction of sp³-hybridized carbons (Fsp3) is 0. The Hall–Kier alpha value is -3.75. The minimum absolute atomic E-state index is 0. The topological polar surface area (TPSA) is 50.9 Å². The van der Waals surface area contributed by atoms with Crippen LogP contribution in [0.3, 0.4) is 0 Å². The fourth-order valence-electron chi connectivity index (χ4n) is 4.19. The van der Waals surface area contributed by atoms with Crippen molar-refractivity contribution in [3.05, 3.63) is 109 Å². The Morgan fingerprint density at radius 1 is 0.697 bits per heavy atom. The second kappa shape index (κ2) is 8.65. The Labute approximate surface area is 205 Å². The predicted octanol–water partition coefficient (Wildman–Crippen LogP) is 6.41. The van der Waals surface area contributed by atoms with Gasteiger partial charge in [0, 0.05) is 38.3 Å². The first-order chi connectivity index (χ1) is 15.8. The molecule has 0 spiro atoms. The number of fused-ring (bicyclic) bond motifs is 3. The van der Waals surface area contributed by atoms with Crippen molar-refractivity contribution < 1.29 is 26.2 Å². The molecule has 0 unspecified atom stereocenters. The first kappa shape index (κ1) is 21.1. The summed E-state index contributed by atoms with van der Waals surface area (Å²) in [7, 11) is 0. The third-order valence-corrected chi connectivity index (χ3v) is 5.67. The van der Waals surface area contributed by atoms with Crippen LogP contribution in [0, 0.1) is 6.07 Å². The minimum atomic E-state index is 0. The maximum absolute atomic E-state index is 10.3. The zero-order valence-electron chi connectivity index (χ0n) is 17.4. The molecule has 4 nitrogen and oxygen atoms in total. The second-order valence-corrected chi connectivity index (χ2v) is 7.60. The summed E-state index contributed by atoms with van der Waals surface area (Å²) >= 11 is 0. The molecule has 0 saturated carbocycles. The molecule has 33 heavy (non-hydrogen) atoms.